The Hall–Kier alpha value is -0.540. The second kappa shape index (κ2) is 5.40. The van der Waals surface area contributed by atoms with Crippen molar-refractivity contribution in [3.8, 4) is 0 Å². The SMILES string of the molecule is CCn1c(Cl)cnc1C1CCN(C(C)C)CC1. The lowest BCUT2D eigenvalue weighted by atomic mass is 9.95. The Balaban J connectivity index is 2.05. The number of rotatable bonds is 3. The molecule has 4 heteroatoms. The van der Waals surface area contributed by atoms with E-state index < -0.39 is 0 Å². The molecule has 0 bridgehead atoms. The lowest BCUT2D eigenvalue weighted by molar-refractivity contribution is 0.168. The minimum atomic E-state index is 0.581. The second-order valence-corrected chi connectivity index (χ2v) is 5.47. The Bertz CT molecular complexity index is 365. The van der Waals surface area contributed by atoms with Gasteiger partial charge in [0, 0.05) is 18.5 Å². The summed E-state index contributed by atoms with van der Waals surface area (Å²) in [5.41, 5.74) is 0. The number of likely N-dealkylation sites (tertiary alicyclic amines) is 1. The molecular weight excluding hydrogens is 234 g/mol. The summed E-state index contributed by atoms with van der Waals surface area (Å²) < 4.78 is 2.14. The summed E-state index contributed by atoms with van der Waals surface area (Å²) >= 11 is 6.13. The van der Waals surface area contributed by atoms with E-state index in [1.165, 1.54) is 31.8 Å². The van der Waals surface area contributed by atoms with E-state index in [0.717, 1.165) is 11.7 Å². The van der Waals surface area contributed by atoms with E-state index in [0.29, 0.717) is 12.0 Å². The average Bonchev–Trinajstić information content (AvgIpc) is 2.70. The van der Waals surface area contributed by atoms with Crippen LogP contribution in [0.1, 0.15) is 45.4 Å². The van der Waals surface area contributed by atoms with E-state index in [-0.39, 0.29) is 0 Å². The maximum absolute atomic E-state index is 6.13. The summed E-state index contributed by atoms with van der Waals surface area (Å²) in [5.74, 6) is 1.76. The molecule has 1 aliphatic rings. The van der Waals surface area contributed by atoms with Crippen LogP contribution >= 0.6 is 11.6 Å². The molecule has 0 unspecified atom stereocenters. The molecule has 1 aromatic rings. The highest BCUT2D eigenvalue weighted by Gasteiger charge is 2.25. The van der Waals surface area contributed by atoms with Gasteiger partial charge in [0.05, 0.1) is 6.20 Å². The van der Waals surface area contributed by atoms with Crippen molar-refractivity contribution >= 4 is 11.6 Å². The summed E-state index contributed by atoms with van der Waals surface area (Å²) in [6.07, 6.45) is 4.19. The van der Waals surface area contributed by atoms with Crippen LogP contribution in [-0.2, 0) is 6.54 Å². The molecule has 17 heavy (non-hydrogen) atoms. The third-order valence-corrected chi connectivity index (χ3v) is 4.08. The molecule has 1 aliphatic heterocycles. The summed E-state index contributed by atoms with van der Waals surface area (Å²) in [7, 11) is 0. The largest absolute Gasteiger partial charge is 0.319 e. The predicted molar refractivity (Wildman–Crippen MR) is 71.6 cm³/mol. The summed E-state index contributed by atoms with van der Waals surface area (Å²) in [4.78, 5) is 7.03. The molecule has 0 N–H and O–H groups in total. The van der Waals surface area contributed by atoms with Crippen LogP contribution in [0.2, 0.25) is 5.15 Å². The zero-order valence-corrected chi connectivity index (χ0v) is 11.7. The highest BCUT2D eigenvalue weighted by Crippen LogP contribution is 2.29. The van der Waals surface area contributed by atoms with Crippen LogP contribution in [0.3, 0.4) is 0 Å². The molecule has 0 aromatic carbocycles. The van der Waals surface area contributed by atoms with E-state index in [2.05, 4.69) is 35.2 Å². The quantitative estimate of drug-likeness (QED) is 0.827. The first kappa shape index (κ1) is 12.9. The van der Waals surface area contributed by atoms with Crippen LogP contribution in [0.15, 0.2) is 6.20 Å². The van der Waals surface area contributed by atoms with Gasteiger partial charge >= 0.3 is 0 Å². The Labute approximate surface area is 109 Å². The molecule has 1 aromatic heterocycles. The van der Waals surface area contributed by atoms with Crippen molar-refractivity contribution < 1.29 is 0 Å². The topological polar surface area (TPSA) is 21.1 Å². The Morgan fingerprint density at radius 3 is 2.59 bits per heavy atom. The number of nitrogens with zero attached hydrogens (tertiary/aromatic N) is 3. The standard InChI is InChI=1S/C13H22ClN3/c1-4-17-12(14)9-15-13(17)11-5-7-16(8-6-11)10(2)3/h9-11H,4-8H2,1-3H3. The molecule has 0 saturated carbocycles. The maximum atomic E-state index is 6.13. The number of aromatic nitrogens is 2. The van der Waals surface area contributed by atoms with Crippen molar-refractivity contribution in [1.29, 1.82) is 0 Å². The van der Waals surface area contributed by atoms with E-state index >= 15 is 0 Å². The molecule has 0 spiro atoms. The smallest absolute Gasteiger partial charge is 0.128 e. The monoisotopic (exact) mass is 255 g/mol. The summed E-state index contributed by atoms with van der Waals surface area (Å²) in [5, 5.41) is 0.772. The Kier molecular flexibility index (Phi) is 4.10. The fraction of sp³-hybridized carbons (Fsp3) is 0.769. The van der Waals surface area contributed by atoms with Gasteiger partial charge in [-0.3, -0.25) is 0 Å². The highest BCUT2D eigenvalue weighted by atomic mass is 35.5. The highest BCUT2D eigenvalue weighted by molar-refractivity contribution is 6.29. The van der Waals surface area contributed by atoms with E-state index in [1.807, 2.05) is 0 Å². The van der Waals surface area contributed by atoms with E-state index in [4.69, 9.17) is 11.6 Å². The van der Waals surface area contributed by atoms with Gasteiger partial charge in [0.15, 0.2) is 0 Å². The first-order valence-electron chi connectivity index (χ1n) is 6.58. The van der Waals surface area contributed by atoms with Gasteiger partial charge in [-0.2, -0.15) is 0 Å². The van der Waals surface area contributed by atoms with Crippen LogP contribution in [0, 0.1) is 0 Å². The lowest BCUT2D eigenvalue weighted by Gasteiger charge is -2.34. The Morgan fingerprint density at radius 1 is 1.41 bits per heavy atom. The Morgan fingerprint density at radius 2 is 2.06 bits per heavy atom. The third kappa shape index (κ3) is 2.66. The van der Waals surface area contributed by atoms with E-state index in [1.54, 1.807) is 6.20 Å². The normalized spacial score (nSPS) is 19.1. The molecule has 1 saturated heterocycles. The van der Waals surface area contributed by atoms with Crippen LogP contribution < -0.4 is 0 Å². The van der Waals surface area contributed by atoms with Gasteiger partial charge in [-0.1, -0.05) is 11.6 Å². The van der Waals surface area contributed by atoms with Crippen molar-refractivity contribution in [3.63, 3.8) is 0 Å². The van der Waals surface area contributed by atoms with Crippen LogP contribution in [-0.4, -0.2) is 33.6 Å². The number of piperidine rings is 1. The minimum Gasteiger partial charge on any atom is -0.319 e. The number of imidazole rings is 1. The molecule has 1 fully saturated rings. The van der Waals surface area contributed by atoms with Gasteiger partial charge < -0.3 is 9.47 Å². The van der Waals surface area contributed by atoms with Crippen LogP contribution in [0.5, 0.6) is 0 Å². The van der Waals surface area contributed by atoms with Gasteiger partial charge in [0.2, 0.25) is 0 Å². The summed E-state index contributed by atoms with van der Waals surface area (Å²) in [6, 6.07) is 0.658. The number of hydrogen-bond acceptors (Lipinski definition) is 2. The van der Waals surface area contributed by atoms with Gasteiger partial charge in [-0.15, -0.1) is 0 Å². The van der Waals surface area contributed by atoms with Gasteiger partial charge in [-0.25, -0.2) is 4.98 Å². The second-order valence-electron chi connectivity index (χ2n) is 5.09. The zero-order valence-electron chi connectivity index (χ0n) is 11.0. The lowest BCUT2D eigenvalue weighted by Crippen LogP contribution is -2.38. The average molecular weight is 256 g/mol. The van der Waals surface area contributed by atoms with Crippen molar-refractivity contribution in [2.45, 2.75) is 52.1 Å². The van der Waals surface area contributed by atoms with E-state index in [9.17, 15) is 0 Å². The maximum Gasteiger partial charge on any atom is 0.128 e. The minimum absolute atomic E-state index is 0.581. The fourth-order valence-electron chi connectivity index (χ4n) is 2.68. The van der Waals surface area contributed by atoms with Crippen molar-refractivity contribution in [2.75, 3.05) is 13.1 Å². The molecule has 2 rings (SSSR count). The number of hydrogen-bond donors (Lipinski definition) is 0. The van der Waals surface area contributed by atoms with Crippen molar-refractivity contribution in [3.05, 3.63) is 17.2 Å². The molecule has 0 amide bonds. The van der Waals surface area contributed by atoms with Crippen LogP contribution in [0.25, 0.3) is 0 Å². The predicted octanol–water partition coefficient (Wildman–Crippen LogP) is 3.14. The fourth-order valence-corrected chi connectivity index (χ4v) is 2.94. The number of halogens is 1. The molecular formula is C13H22ClN3. The molecule has 0 atom stereocenters. The van der Waals surface area contributed by atoms with Crippen molar-refractivity contribution in [2.24, 2.45) is 0 Å². The zero-order chi connectivity index (χ0) is 12.4. The molecule has 2 heterocycles. The molecule has 0 aliphatic carbocycles. The first-order valence-corrected chi connectivity index (χ1v) is 6.96. The molecule has 96 valence electrons. The molecule has 3 nitrogen and oxygen atoms in total. The van der Waals surface area contributed by atoms with Crippen molar-refractivity contribution in [1.82, 2.24) is 14.5 Å². The third-order valence-electron chi connectivity index (χ3n) is 3.78. The first-order chi connectivity index (χ1) is 8.13. The molecule has 0 radical (unpaired) electrons. The van der Waals surface area contributed by atoms with Crippen LogP contribution in [0.4, 0.5) is 0 Å². The summed E-state index contributed by atoms with van der Waals surface area (Å²) in [6.45, 7) is 9.93. The van der Waals surface area contributed by atoms with Gasteiger partial charge in [0.25, 0.3) is 0 Å². The van der Waals surface area contributed by atoms with Gasteiger partial charge in [0.1, 0.15) is 11.0 Å². The van der Waals surface area contributed by atoms with Gasteiger partial charge in [-0.05, 0) is 46.7 Å².